The Kier molecular flexibility index (Phi) is 3.45. The molecule has 0 unspecified atom stereocenters. The van der Waals surface area contributed by atoms with E-state index in [1.165, 1.54) is 12.1 Å². The second kappa shape index (κ2) is 5.03. The van der Waals surface area contributed by atoms with E-state index in [-0.39, 0.29) is 23.7 Å². The minimum atomic E-state index is -0.529. The zero-order valence-electron chi connectivity index (χ0n) is 9.96. The molecule has 96 valence electrons. The van der Waals surface area contributed by atoms with Gasteiger partial charge in [0, 0.05) is 19.2 Å². The molecule has 18 heavy (non-hydrogen) atoms. The number of rotatable bonds is 3. The third-order valence-corrected chi connectivity index (χ3v) is 3.11. The highest BCUT2D eigenvalue weighted by atomic mass is 16.6. The van der Waals surface area contributed by atoms with Gasteiger partial charge in [0.05, 0.1) is 11.3 Å². The lowest BCUT2D eigenvalue weighted by atomic mass is 10.1. The monoisotopic (exact) mass is 249 g/mol. The quantitative estimate of drug-likeness (QED) is 0.497. The number of carbonyl (C=O) groups is 1. The summed E-state index contributed by atoms with van der Waals surface area (Å²) in [7, 11) is 0. The van der Waals surface area contributed by atoms with Crippen LogP contribution in [-0.4, -0.2) is 28.8 Å². The van der Waals surface area contributed by atoms with E-state index in [1.807, 2.05) is 0 Å². The minimum Gasteiger partial charge on any atom is -0.393 e. The molecule has 2 N–H and O–H groups in total. The number of amides is 1. The maximum Gasteiger partial charge on any atom is 0.292 e. The van der Waals surface area contributed by atoms with E-state index < -0.39 is 4.92 Å². The van der Waals surface area contributed by atoms with Crippen molar-refractivity contribution in [1.29, 1.82) is 0 Å². The molecule has 1 aliphatic heterocycles. The Bertz CT molecular complexity index is 481. The van der Waals surface area contributed by atoms with Gasteiger partial charge in [0.25, 0.3) is 5.69 Å². The van der Waals surface area contributed by atoms with E-state index in [0.717, 1.165) is 25.9 Å². The molecule has 1 fully saturated rings. The molecule has 0 spiro atoms. The van der Waals surface area contributed by atoms with Crippen molar-refractivity contribution in [2.75, 3.05) is 18.8 Å². The molecule has 6 nitrogen and oxygen atoms in total. The number of hydrogen-bond acceptors (Lipinski definition) is 4. The van der Waals surface area contributed by atoms with Crippen LogP contribution < -0.4 is 5.73 Å². The molecule has 2 rings (SSSR count). The topological polar surface area (TPSA) is 89.5 Å². The third kappa shape index (κ3) is 2.58. The Morgan fingerprint density at radius 2 is 2.06 bits per heavy atom. The van der Waals surface area contributed by atoms with Crippen molar-refractivity contribution in [1.82, 2.24) is 4.90 Å². The smallest absolute Gasteiger partial charge is 0.292 e. The minimum absolute atomic E-state index is 0.0200. The first-order valence-corrected chi connectivity index (χ1v) is 5.88. The van der Waals surface area contributed by atoms with Gasteiger partial charge in [-0.25, -0.2) is 0 Å². The molecule has 6 heteroatoms. The van der Waals surface area contributed by atoms with E-state index in [9.17, 15) is 14.9 Å². The van der Waals surface area contributed by atoms with Gasteiger partial charge in [-0.05, 0) is 24.5 Å². The highest BCUT2D eigenvalue weighted by molar-refractivity contribution is 5.79. The van der Waals surface area contributed by atoms with E-state index in [2.05, 4.69) is 0 Å². The number of nitro groups is 1. The first-order valence-electron chi connectivity index (χ1n) is 5.88. The molecule has 0 aromatic heterocycles. The fourth-order valence-electron chi connectivity index (χ4n) is 2.11. The van der Waals surface area contributed by atoms with Crippen LogP contribution in [0, 0.1) is 10.1 Å². The van der Waals surface area contributed by atoms with Crippen LogP contribution in [-0.2, 0) is 11.2 Å². The van der Waals surface area contributed by atoms with Crippen molar-refractivity contribution >= 4 is 17.3 Å². The lowest BCUT2D eigenvalue weighted by Gasteiger charge is -2.15. The Hall–Kier alpha value is -2.11. The van der Waals surface area contributed by atoms with Crippen molar-refractivity contribution in [2.45, 2.75) is 19.3 Å². The Labute approximate surface area is 105 Å². The Balaban J connectivity index is 2.11. The van der Waals surface area contributed by atoms with Crippen LogP contribution in [0.4, 0.5) is 11.4 Å². The van der Waals surface area contributed by atoms with Gasteiger partial charge in [0.1, 0.15) is 5.69 Å². The molecule has 1 aromatic carbocycles. The first-order chi connectivity index (χ1) is 8.58. The lowest BCUT2D eigenvalue weighted by molar-refractivity contribution is -0.383. The Morgan fingerprint density at radius 3 is 2.67 bits per heavy atom. The molecule has 0 atom stereocenters. The fraction of sp³-hybridized carbons (Fsp3) is 0.417. The molecule has 0 aliphatic carbocycles. The summed E-state index contributed by atoms with van der Waals surface area (Å²) in [6, 6.07) is 4.52. The summed E-state index contributed by atoms with van der Waals surface area (Å²) < 4.78 is 0. The van der Waals surface area contributed by atoms with Gasteiger partial charge in [0.2, 0.25) is 5.91 Å². The summed E-state index contributed by atoms with van der Waals surface area (Å²) in [4.78, 5) is 23.9. The highest BCUT2D eigenvalue weighted by Crippen LogP contribution is 2.23. The Morgan fingerprint density at radius 1 is 1.39 bits per heavy atom. The van der Waals surface area contributed by atoms with Crippen LogP contribution >= 0.6 is 0 Å². The van der Waals surface area contributed by atoms with Crippen LogP contribution in [0.2, 0.25) is 0 Å². The van der Waals surface area contributed by atoms with E-state index in [4.69, 9.17) is 5.73 Å². The summed E-state index contributed by atoms with van der Waals surface area (Å²) in [6.07, 6.45) is 2.27. The van der Waals surface area contributed by atoms with Gasteiger partial charge >= 0.3 is 0 Å². The predicted molar refractivity (Wildman–Crippen MR) is 67.0 cm³/mol. The number of likely N-dealkylation sites (tertiary alicyclic amines) is 1. The van der Waals surface area contributed by atoms with Crippen LogP contribution in [0.15, 0.2) is 18.2 Å². The van der Waals surface area contributed by atoms with Gasteiger partial charge < -0.3 is 10.6 Å². The van der Waals surface area contributed by atoms with Crippen LogP contribution in [0.3, 0.4) is 0 Å². The average Bonchev–Trinajstić information content (AvgIpc) is 2.85. The van der Waals surface area contributed by atoms with E-state index in [0.29, 0.717) is 5.56 Å². The van der Waals surface area contributed by atoms with E-state index in [1.54, 1.807) is 11.0 Å². The number of carbonyl (C=O) groups excluding carboxylic acids is 1. The summed E-state index contributed by atoms with van der Waals surface area (Å²) in [5.74, 6) is 0.0200. The van der Waals surface area contributed by atoms with Crippen LogP contribution in [0.25, 0.3) is 0 Å². The molecule has 1 aromatic rings. The van der Waals surface area contributed by atoms with Gasteiger partial charge in [-0.15, -0.1) is 0 Å². The molecule has 1 aliphatic rings. The zero-order chi connectivity index (χ0) is 13.1. The summed E-state index contributed by atoms with van der Waals surface area (Å²) in [6.45, 7) is 1.58. The van der Waals surface area contributed by atoms with Crippen molar-refractivity contribution in [3.05, 3.63) is 33.9 Å². The number of anilines is 1. The highest BCUT2D eigenvalue weighted by Gasteiger charge is 2.19. The predicted octanol–water partition coefficient (Wildman–Crippen LogP) is 1.34. The van der Waals surface area contributed by atoms with E-state index >= 15 is 0 Å². The molecule has 1 heterocycles. The van der Waals surface area contributed by atoms with Gasteiger partial charge in [-0.1, -0.05) is 6.07 Å². The summed E-state index contributed by atoms with van der Waals surface area (Å²) >= 11 is 0. The second-order valence-corrected chi connectivity index (χ2v) is 4.41. The maximum atomic E-state index is 11.9. The maximum absolute atomic E-state index is 11.9. The SMILES string of the molecule is Nc1ccc(CC(=O)N2CCCC2)cc1[N+](=O)[O-]. The molecule has 1 amide bonds. The van der Waals surface area contributed by atoms with Gasteiger partial charge in [0.15, 0.2) is 0 Å². The third-order valence-electron chi connectivity index (χ3n) is 3.11. The van der Waals surface area contributed by atoms with Crippen molar-refractivity contribution < 1.29 is 9.72 Å². The van der Waals surface area contributed by atoms with Crippen LogP contribution in [0.5, 0.6) is 0 Å². The fourth-order valence-corrected chi connectivity index (χ4v) is 2.11. The lowest BCUT2D eigenvalue weighted by Crippen LogP contribution is -2.29. The molecule has 0 radical (unpaired) electrons. The van der Waals surface area contributed by atoms with Crippen molar-refractivity contribution in [2.24, 2.45) is 0 Å². The van der Waals surface area contributed by atoms with Crippen LogP contribution in [0.1, 0.15) is 18.4 Å². The number of benzene rings is 1. The number of nitrogens with zero attached hydrogens (tertiary/aromatic N) is 2. The van der Waals surface area contributed by atoms with Crippen molar-refractivity contribution in [3.63, 3.8) is 0 Å². The number of hydrogen-bond donors (Lipinski definition) is 1. The molecular weight excluding hydrogens is 234 g/mol. The summed E-state index contributed by atoms with van der Waals surface area (Å²) in [5.41, 5.74) is 6.12. The first kappa shape index (κ1) is 12.3. The van der Waals surface area contributed by atoms with Crippen molar-refractivity contribution in [3.8, 4) is 0 Å². The summed E-state index contributed by atoms with van der Waals surface area (Å²) in [5, 5.41) is 10.7. The zero-order valence-corrected chi connectivity index (χ0v) is 9.96. The average molecular weight is 249 g/mol. The molecule has 0 bridgehead atoms. The number of nitro benzene ring substituents is 1. The molecule has 1 saturated heterocycles. The molecular formula is C12H15N3O3. The normalized spacial score (nSPS) is 14.8. The van der Waals surface area contributed by atoms with Gasteiger partial charge in [-0.3, -0.25) is 14.9 Å². The van der Waals surface area contributed by atoms with Gasteiger partial charge in [-0.2, -0.15) is 0 Å². The number of nitrogen functional groups attached to an aromatic ring is 1. The second-order valence-electron chi connectivity index (χ2n) is 4.41. The standard InChI is InChI=1S/C12H15N3O3/c13-10-4-3-9(7-11(10)15(17)18)8-12(16)14-5-1-2-6-14/h3-4,7H,1-2,5-6,8,13H2. The number of nitrogens with two attached hydrogens (primary N) is 1. The molecule has 0 saturated carbocycles. The largest absolute Gasteiger partial charge is 0.393 e.